The van der Waals surface area contributed by atoms with Crippen LogP contribution in [0.1, 0.15) is 22.4 Å². The molecule has 0 aliphatic heterocycles. The fraction of sp³-hybridized carbons (Fsp3) is 0.333. The van der Waals surface area contributed by atoms with E-state index in [-0.39, 0.29) is 18.4 Å². The average molecular weight is 328 g/mol. The van der Waals surface area contributed by atoms with Crippen LogP contribution in [-0.4, -0.2) is 22.9 Å². The number of esters is 1. The lowest BCUT2D eigenvalue weighted by Crippen LogP contribution is -2.14. The molecule has 0 spiro atoms. The molecule has 0 aliphatic rings. The number of halogens is 3. The lowest BCUT2D eigenvalue weighted by molar-refractivity contribution is -0.140. The Morgan fingerprint density at radius 1 is 1.35 bits per heavy atom. The van der Waals surface area contributed by atoms with Crippen LogP contribution < -0.4 is 5.56 Å². The smallest absolute Gasteiger partial charge is 0.416 e. The number of hydrogen-bond donors (Lipinski definition) is 1. The van der Waals surface area contributed by atoms with E-state index in [0.29, 0.717) is 11.3 Å². The van der Waals surface area contributed by atoms with Crippen molar-refractivity contribution in [3.8, 4) is 0 Å². The third kappa shape index (κ3) is 3.82. The molecule has 0 aliphatic carbocycles. The first-order chi connectivity index (χ1) is 10.7. The van der Waals surface area contributed by atoms with E-state index in [4.69, 9.17) is 0 Å². The number of ether oxygens (including phenoxy) is 1. The molecule has 0 unspecified atom stereocenters. The van der Waals surface area contributed by atoms with Crippen LogP contribution in [0.25, 0.3) is 0 Å². The van der Waals surface area contributed by atoms with Crippen LogP contribution in [0, 0.1) is 0 Å². The summed E-state index contributed by atoms with van der Waals surface area (Å²) in [7, 11) is 2.76. The number of benzene rings is 1. The molecule has 23 heavy (non-hydrogen) atoms. The molecular formula is C15H15F3N2O3. The number of hydrogen-bond acceptors (Lipinski definition) is 3. The van der Waals surface area contributed by atoms with Gasteiger partial charge in [0.05, 0.1) is 24.7 Å². The molecule has 1 N–H and O–H groups in total. The van der Waals surface area contributed by atoms with Crippen LogP contribution in [0.5, 0.6) is 0 Å². The number of carbonyl (C=O) groups excluding carboxylic acids is 1. The molecule has 1 aromatic heterocycles. The lowest BCUT2D eigenvalue weighted by atomic mass is 10.0. The number of nitrogens with zero attached hydrogens (tertiary/aromatic N) is 1. The summed E-state index contributed by atoms with van der Waals surface area (Å²) in [5.41, 5.74) is -0.193. The second-order valence-corrected chi connectivity index (χ2v) is 5.05. The summed E-state index contributed by atoms with van der Waals surface area (Å²) in [6.07, 6.45) is -4.58. The van der Waals surface area contributed by atoms with Gasteiger partial charge in [0, 0.05) is 19.2 Å². The van der Waals surface area contributed by atoms with Gasteiger partial charge < -0.3 is 4.74 Å². The topological polar surface area (TPSA) is 64.1 Å². The number of carbonyl (C=O) groups is 1. The minimum absolute atomic E-state index is 0.0888. The van der Waals surface area contributed by atoms with Crippen LogP contribution in [0.3, 0.4) is 0 Å². The quantitative estimate of drug-likeness (QED) is 0.874. The van der Waals surface area contributed by atoms with E-state index in [2.05, 4.69) is 9.84 Å². The van der Waals surface area contributed by atoms with Gasteiger partial charge in [-0.15, -0.1) is 0 Å². The molecule has 0 amide bonds. The fourth-order valence-corrected chi connectivity index (χ4v) is 2.30. The number of alkyl halides is 3. The molecule has 0 bridgehead atoms. The molecule has 1 aromatic carbocycles. The molecule has 0 saturated carbocycles. The van der Waals surface area contributed by atoms with E-state index >= 15 is 0 Å². The van der Waals surface area contributed by atoms with Gasteiger partial charge in [-0.2, -0.15) is 13.2 Å². The molecule has 0 saturated heterocycles. The highest BCUT2D eigenvalue weighted by atomic mass is 19.4. The third-order valence-electron chi connectivity index (χ3n) is 3.47. The van der Waals surface area contributed by atoms with Crippen molar-refractivity contribution in [2.24, 2.45) is 7.05 Å². The third-order valence-corrected chi connectivity index (χ3v) is 3.47. The van der Waals surface area contributed by atoms with Crippen molar-refractivity contribution >= 4 is 5.97 Å². The zero-order chi connectivity index (χ0) is 17.2. The molecule has 0 radical (unpaired) electrons. The molecule has 2 aromatic rings. The first-order valence-corrected chi connectivity index (χ1v) is 6.72. The molecule has 5 nitrogen and oxygen atoms in total. The van der Waals surface area contributed by atoms with Crippen LogP contribution in [0.2, 0.25) is 0 Å². The predicted octanol–water partition coefficient (Wildman–Crippen LogP) is 2.04. The van der Waals surface area contributed by atoms with Crippen molar-refractivity contribution in [3.63, 3.8) is 0 Å². The standard InChI is InChI=1S/C15H15F3N2O3/c1-20-12(11(14(22)19-20)8-13(21)23-2)7-9-4-3-5-10(6-9)15(16,17)18/h3-6H,7-8H2,1-2H3,(H,19,22). The number of methoxy groups -OCH3 is 1. The zero-order valence-electron chi connectivity index (χ0n) is 12.5. The summed E-state index contributed by atoms with van der Waals surface area (Å²) in [4.78, 5) is 23.3. The Morgan fingerprint density at radius 3 is 2.65 bits per heavy atom. The molecule has 0 atom stereocenters. The Balaban J connectivity index is 2.37. The number of aromatic amines is 1. The highest BCUT2D eigenvalue weighted by Gasteiger charge is 2.30. The summed E-state index contributed by atoms with van der Waals surface area (Å²) < 4.78 is 44.2. The van der Waals surface area contributed by atoms with E-state index in [1.807, 2.05) is 0 Å². The highest BCUT2D eigenvalue weighted by molar-refractivity contribution is 5.72. The van der Waals surface area contributed by atoms with Crippen LogP contribution in [0.4, 0.5) is 13.2 Å². The summed E-state index contributed by atoms with van der Waals surface area (Å²) >= 11 is 0. The van der Waals surface area contributed by atoms with E-state index in [1.165, 1.54) is 23.9 Å². The van der Waals surface area contributed by atoms with Gasteiger partial charge >= 0.3 is 12.1 Å². The average Bonchev–Trinajstić information content (AvgIpc) is 2.73. The normalized spacial score (nSPS) is 11.5. The molecular weight excluding hydrogens is 313 g/mol. The second kappa shape index (κ2) is 6.31. The van der Waals surface area contributed by atoms with Crippen molar-refractivity contribution in [3.05, 3.63) is 57.0 Å². The number of aromatic nitrogens is 2. The maximum absolute atomic E-state index is 12.8. The van der Waals surface area contributed by atoms with Gasteiger partial charge in [0.2, 0.25) is 0 Å². The van der Waals surface area contributed by atoms with Gasteiger partial charge in [0.1, 0.15) is 0 Å². The summed E-state index contributed by atoms with van der Waals surface area (Å²) in [6.45, 7) is 0. The summed E-state index contributed by atoms with van der Waals surface area (Å²) in [6, 6.07) is 4.85. The van der Waals surface area contributed by atoms with Gasteiger partial charge in [-0.05, 0) is 11.6 Å². The fourth-order valence-electron chi connectivity index (χ4n) is 2.30. The first-order valence-electron chi connectivity index (χ1n) is 6.72. The van der Waals surface area contributed by atoms with E-state index < -0.39 is 23.3 Å². The van der Waals surface area contributed by atoms with E-state index in [0.717, 1.165) is 12.1 Å². The number of aryl methyl sites for hydroxylation is 1. The van der Waals surface area contributed by atoms with Gasteiger partial charge in [-0.3, -0.25) is 19.4 Å². The molecule has 2 rings (SSSR count). The maximum Gasteiger partial charge on any atom is 0.416 e. The summed E-state index contributed by atoms with van der Waals surface area (Å²) in [5, 5.41) is 2.50. The first kappa shape index (κ1) is 16.9. The predicted molar refractivity (Wildman–Crippen MR) is 76.0 cm³/mol. The SMILES string of the molecule is COC(=O)Cc1c(Cc2cccc(C(F)(F)F)c2)n(C)[nH]c1=O. The minimum Gasteiger partial charge on any atom is -0.469 e. The highest BCUT2D eigenvalue weighted by Crippen LogP contribution is 2.30. The number of rotatable bonds is 4. The molecule has 8 heteroatoms. The number of H-pyrrole nitrogens is 1. The Morgan fingerprint density at radius 2 is 2.04 bits per heavy atom. The Bertz CT molecular complexity index is 775. The zero-order valence-corrected chi connectivity index (χ0v) is 12.5. The van der Waals surface area contributed by atoms with Gasteiger partial charge in [0.15, 0.2) is 0 Å². The van der Waals surface area contributed by atoms with Gasteiger partial charge in [-0.25, -0.2) is 0 Å². The van der Waals surface area contributed by atoms with Crippen LogP contribution >= 0.6 is 0 Å². The van der Waals surface area contributed by atoms with Crippen molar-refractivity contribution in [2.45, 2.75) is 19.0 Å². The van der Waals surface area contributed by atoms with Crippen molar-refractivity contribution in [2.75, 3.05) is 7.11 Å². The van der Waals surface area contributed by atoms with Crippen LogP contribution in [0.15, 0.2) is 29.1 Å². The molecule has 0 fully saturated rings. The van der Waals surface area contributed by atoms with E-state index in [1.54, 1.807) is 7.05 Å². The van der Waals surface area contributed by atoms with Crippen LogP contribution in [-0.2, 0) is 35.6 Å². The maximum atomic E-state index is 12.8. The lowest BCUT2D eigenvalue weighted by Gasteiger charge is -2.10. The van der Waals surface area contributed by atoms with Crippen molar-refractivity contribution in [1.29, 1.82) is 0 Å². The largest absolute Gasteiger partial charge is 0.469 e. The van der Waals surface area contributed by atoms with Crippen molar-refractivity contribution < 1.29 is 22.7 Å². The second-order valence-electron chi connectivity index (χ2n) is 5.05. The van der Waals surface area contributed by atoms with E-state index in [9.17, 15) is 22.8 Å². The molecule has 124 valence electrons. The Labute approximate surface area is 129 Å². The van der Waals surface area contributed by atoms with Gasteiger partial charge in [0.25, 0.3) is 5.56 Å². The molecule has 1 heterocycles. The Hall–Kier alpha value is -2.51. The number of nitrogens with one attached hydrogen (secondary N) is 1. The Kier molecular flexibility index (Phi) is 4.63. The van der Waals surface area contributed by atoms with Gasteiger partial charge in [-0.1, -0.05) is 18.2 Å². The minimum atomic E-state index is -4.44. The monoisotopic (exact) mass is 328 g/mol. The van der Waals surface area contributed by atoms with Crippen molar-refractivity contribution in [1.82, 2.24) is 9.78 Å². The summed E-state index contributed by atoms with van der Waals surface area (Å²) in [5.74, 6) is -0.591.